The zero-order chi connectivity index (χ0) is 26.2. The molecule has 1 heterocycles. The van der Waals surface area contributed by atoms with E-state index in [0.717, 1.165) is 16.5 Å². The van der Waals surface area contributed by atoms with Crippen molar-refractivity contribution >= 4 is 34.4 Å². The number of aliphatic hydroxyl groups is 1. The van der Waals surface area contributed by atoms with Gasteiger partial charge in [-0.15, -0.1) is 0 Å². The highest BCUT2D eigenvalue weighted by atomic mass is 16.5. The third-order valence-electron chi connectivity index (χ3n) is 5.65. The SMILES string of the molecule is CC(C)C[C@H](NC(=O)c1ccc(NC(=O)[C@@H](N)CO)c(OCCc2c[nH]c3ccccc23)c1)C(=O)O. The summed E-state index contributed by atoms with van der Waals surface area (Å²) in [5, 5.41) is 24.8. The zero-order valence-corrected chi connectivity index (χ0v) is 20.3. The first kappa shape index (κ1) is 26.7. The number of carboxylic acid groups (broad SMARTS) is 1. The number of nitrogens with one attached hydrogen (secondary N) is 3. The first-order valence-electron chi connectivity index (χ1n) is 11.7. The number of hydrogen-bond donors (Lipinski definition) is 6. The summed E-state index contributed by atoms with van der Waals surface area (Å²) in [6, 6.07) is 10.1. The van der Waals surface area contributed by atoms with Gasteiger partial charge in [0.05, 0.1) is 18.9 Å². The molecule has 10 nitrogen and oxygen atoms in total. The van der Waals surface area contributed by atoms with Gasteiger partial charge in [0.2, 0.25) is 5.91 Å². The van der Waals surface area contributed by atoms with Crippen molar-refractivity contribution in [3.8, 4) is 5.75 Å². The van der Waals surface area contributed by atoms with Gasteiger partial charge in [-0.3, -0.25) is 9.59 Å². The van der Waals surface area contributed by atoms with Gasteiger partial charge in [0.1, 0.15) is 17.8 Å². The van der Waals surface area contributed by atoms with Gasteiger partial charge in [0.25, 0.3) is 5.91 Å². The standard InChI is InChI=1S/C26H32N4O6/c1-15(2)11-22(26(34)35)30-24(32)16-7-8-21(29-25(33)19(27)14-31)23(12-16)36-10-9-17-13-28-20-6-4-3-5-18(17)20/h3-8,12-13,15,19,22,28,31H,9-11,14,27H2,1-2H3,(H,29,33)(H,30,32)(H,34,35)/t19-,22-/m0/s1. The molecule has 2 aromatic carbocycles. The Morgan fingerprint density at radius 3 is 2.58 bits per heavy atom. The van der Waals surface area contributed by atoms with Crippen molar-refractivity contribution in [3.63, 3.8) is 0 Å². The number of aliphatic carboxylic acids is 1. The molecule has 36 heavy (non-hydrogen) atoms. The largest absolute Gasteiger partial charge is 0.491 e. The molecule has 0 aliphatic heterocycles. The van der Waals surface area contributed by atoms with Crippen LogP contribution in [0.5, 0.6) is 5.75 Å². The number of hydrogen-bond acceptors (Lipinski definition) is 6. The van der Waals surface area contributed by atoms with Gasteiger partial charge in [-0.1, -0.05) is 32.0 Å². The second-order valence-electron chi connectivity index (χ2n) is 8.94. The number of carbonyl (C=O) groups is 3. The molecule has 0 bridgehead atoms. The van der Waals surface area contributed by atoms with Crippen LogP contribution in [0.4, 0.5) is 5.69 Å². The van der Waals surface area contributed by atoms with Crippen LogP contribution in [-0.4, -0.2) is 58.3 Å². The molecule has 0 spiro atoms. The number of ether oxygens (including phenoxy) is 1. The first-order valence-corrected chi connectivity index (χ1v) is 11.7. The van der Waals surface area contributed by atoms with Gasteiger partial charge in [-0.05, 0) is 42.2 Å². The quantitative estimate of drug-likeness (QED) is 0.224. The molecule has 192 valence electrons. The molecule has 2 atom stereocenters. The molecule has 7 N–H and O–H groups in total. The summed E-state index contributed by atoms with van der Waals surface area (Å²) in [6.07, 6.45) is 2.74. The lowest BCUT2D eigenvalue weighted by Crippen LogP contribution is -2.41. The van der Waals surface area contributed by atoms with Crippen molar-refractivity contribution in [1.29, 1.82) is 0 Å². The van der Waals surface area contributed by atoms with Crippen LogP contribution >= 0.6 is 0 Å². The maximum atomic E-state index is 12.8. The molecular weight excluding hydrogens is 464 g/mol. The number of benzene rings is 2. The van der Waals surface area contributed by atoms with Gasteiger partial charge in [-0.2, -0.15) is 0 Å². The Morgan fingerprint density at radius 2 is 1.89 bits per heavy atom. The molecule has 0 unspecified atom stereocenters. The van der Waals surface area contributed by atoms with Crippen LogP contribution in [0.2, 0.25) is 0 Å². The Balaban J connectivity index is 1.80. The Labute approximate surface area is 208 Å². The topological polar surface area (TPSA) is 167 Å². The normalized spacial score (nSPS) is 12.8. The molecule has 2 amide bonds. The third kappa shape index (κ3) is 6.83. The minimum Gasteiger partial charge on any atom is -0.491 e. The molecule has 0 aliphatic rings. The summed E-state index contributed by atoms with van der Waals surface area (Å²) in [4.78, 5) is 39.8. The van der Waals surface area contributed by atoms with Crippen molar-refractivity contribution < 1.29 is 29.3 Å². The highest BCUT2D eigenvalue weighted by molar-refractivity contribution is 5.99. The van der Waals surface area contributed by atoms with E-state index in [2.05, 4.69) is 15.6 Å². The fraction of sp³-hybridized carbons (Fsp3) is 0.346. The van der Waals surface area contributed by atoms with Gasteiger partial charge in [0, 0.05) is 29.1 Å². The Hall–Kier alpha value is -3.89. The summed E-state index contributed by atoms with van der Waals surface area (Å²) >= 11 is 0. The highest BCUT2D eigenvalue weighted by Crippen LogP contribution is 2.27. The Kier molecular flexibility index (Phi) is 9.04. The van der Waals surface area contributed by atoms with Crippen LogP contribution in [-0.2, 0) is 16.0 Å². The van der Waals surface area contributed by atoms with E-state index in [-0.39, 0.29) is 35.9 Å². The monoisotopic (exact) mass is 496 g/mol. The van der Waals surface area contributed by atoms with Crippen molar-refractivity contribution in [3.05, 3.63) is 59.8 Å². The summed E-state index contributed by atoms with van der Waals surface area (Å²) < 4.78 is 5.95. The molecule has 0 saturated carbocycles. The first-order chi connectivity index (χ1) is 17.2. The maximum absolute atomic E-state index is 12.8. The third-order valence-corrected chi connectivity index (χ3v) is 5.65. The smallest absolute Gasteiger partial charge is 0.326 e. The summed E-state index contributed by atoms with van der Waals surface area (Å²) in [5.41, 5.74) is 8.11. The van der Waals surface area contributed by atoms with Crippen molar-refractivity contribution in [2.24, 2.45) is 11.7 Å². The molecule has 3 rings (SSSR count). The van der Waals surface area contributed by atoms with Crippen molar-refractivity contribution in [1.82, 2.24) is 10.3 Å². The van der Waals surface area contributed by atoms with E-state index in [4.69, 9.17) is 10.5 Å². The van der Waals surface area contributed by atoms with E-state index in [0.29, 0.717) is 6.42 Å². The number of nitrogens with two attached hydrogens (primary N) is 1. The number of fused-ring (bicyclic) bond motifs is 1. The van der Waals surface area contributed by atoms with E-state index < -0.39 is 36.5 Å². The van der Waals surface area contributed by atoms with Gasteiger partial charge < -0.3 is 36.3 Å². The Bertz CT molecular complexity index is 1220. The molecule has 1 aromatic heterocycles. The van der Waals surface area contributed by atoms with E-state index in [1.807, 2.05) is 44.3 Å². The fourth-order valence-corrected chi connectivity index (χ4v) is 3.74. The molecule has 0 fully saturated rings. The number of H-pyrrole nitrogens is 1. The lowest BCUT2D eigenvalue weighted by atomic mass is 10.0. The number of amides is 2. The maximum Gasteiger partial charge on any atom is 0.326 e. The number of aliphatic hydroxyl groups excluding tert-OH is 1. The molecule has 10 heteroatoms. The second kappa shape index (κ2) is 12.2. The van der Waals surface area contributed by atoms with Gasteiger partial charge in [0.15, 0.2) is 0 Å². The average Bonchev–Trinajstić information content (AvgIpc) is 3.26. The van der Waals surface area contributed by atoms with Gasteiger partial charge >= 0.3 is 5.97 Å². The molecule has 0 saturated heterocycles. The van der Waals surface area contributed by atoms with E-state index in [1.54, 1.807) is 0 Å². The number of aromatic nitrogens is 1. The van der Waals surface area contributed by atoms with Crippen molar-refractivity contribution in [2.45, 2.75) is 38.8 Å². The fourth-order valence-electron chi connectivity index (χ4n) is 3.74. The second-order valence-corrected chi connectivity index (χ2v) is 8.94. The summed E-state index contributed by atoms with van der Waals surface area (Å²) in [7, 11) is 0. The lowest BCUT2D eigenvalue weighted by molar-refractivity contribution is -0.139. The van der Waals surface area contributed by atoms with Crippen molar-refractivity contribution in [2.75, 3.05) is 18.5 Å². The van der Waals surface area contributed by atoms with Crippen LogP contribution in [0.3, 0.4) is 0 Å². The summed E-state index contributed by atoms with van der Waals surface area (Å²) in [6.45, 7) is 3.45. The molecule has 0 radical (unpaired) electrons. The van der Waals surface area contributed by atoms with Crippen LogP contribution < -0.4 is 21.1 Å². The number of para-hydroxylation sites is 1. The molecule has 0 aliphatic carbocycles. The Morgan fingerprint density at radius 1 is 1.14 bits per heavy atom. The van der Waals surface area contributed by atoms with E-state index >= 15 is 0 Å². The number of carbonyl (C=O) groups excluding carboxylic acids is 2. The molecular formula is C26H32N4O6. The zero-order valence-electron chi connectivity index (χ0n) is 20.3. The number of rotatable bonds is 12. The highest BCUT2D eigenvalue weighted by Gasteiger charge is 2.23. The van der Waals surface area contributed by atoms with Gasteiger partial charge in [-0.25, -0.2) is 4.79 Å². The van der Waals surface area contributed by atoms with E-state index in [1.165, 1.54) is 18.2 Å². The van der Waals surface area contributed by atoms with Crippen LogP contribution in [0.25, 0.3) is 10.9 Å². The van der Waals surface area contributed by atoms with Crippen LogP contribution in [0.1, 0.15) is 36.2 Å². The van der Waals surface area contributed by atoms with Crippen LogP contribution in [0, 0.1) is 5.92 Å². The number of carboxylic acids is 1. The summed E-state index contributed by atoms with van der Waals surface area (Å²) in [5.74, 6) is -2.01. The van der Waals surface area contributed by atoms with Crippen LogP contribution in [0.15, 0.2) is 48.7 Å². The predicted octanol–water partition coefficient (Wildman–Crippen LogP) is 2.28. The number of aromatic amines is 1. The number of anilines is 1. The average molecular weight is 497 g/mol. The molecule has 3 aromatic rings. The predicted molar refractivity (Wildman–Crippen MR) is 136 cm³/mol. The minimum absolute atomic E-state index is 0.0723. The van der Waals surface area contributed by atoms with E-state index in [9.17, 15) is 24.6 Å². The minimum atomic E-state index is -1.13. The lowest BCUT2D eigenvalue weighted by Gasteiger charge is -2.18.